The molecule has 0 radical (unpaired) electrons. The van der Waals surface area contributed by atoms with Gasteiger partial charge >= 0.3 is 0 Å². The largest absolute Gasteiger partial charge is 0.491 e. The minimum atomic E-state index is -0.223. The Kier molecular flexibility index (Phi) is 5.85. The molecule has 6 nitrogen and oxygen atoms in total. The normalized spacial score (nSPS) is 11.7. The standard InChI is InChI=1S/C16H19N3O3/c1-12(15-11-17-6-7-18-15)19-16(20)13-4-3-5-14(10-13)22-9-8-21-2/h3-7,10-12H,8-9H2,1-2H3,(H,19,20)/t12-/m1/s1. The van der Waals surface area contributed by atoms with Crippen LogP contribution in [0.3, 0.4) is 0 Å². The van der Waals surface area contributed by atoms with Crippen LogP contribution < -0.4 is 10.1 Å². The molecule has 22 heavy (non-hydrogen) atoms. The lowest BCUT2D eigenvalue weighted by Gasteiger charge is -2.13. The lowest BCUT2D eigenvalue weighted by Crippen LogP contribution is -2.27. The second kappa shape index (κ2) is 8.09. The third-order valence-corrected chi connectivity index (χ3v) is 3.03. The molecule has 0 aliphatic carbocycles. The summed E-state index contributed by atoms with van der Waals surface area (Å²) >= 11 is 0. The Hall–Kier alpha value is -2.47. The van der Waals surface area contributed by atoms with Crippen molar-refractivity contribution in [1.29, 1.82) is 0 Å². The van der Waals surface area contributed by atoms with Gasteiger partial charge in [-0.25, -0.2) is 0 Å². The number of nitrogens with zero attached hydrogens (tertiary/aromatic N) is 2. The van der Waals surface area contributed by atoms with Crippen molar-refractivity contribution in [3.8, 4) is 5.75 Å². The predicted molar refractivity (Wildman–Crippen MR) is 81.7 cm³/mol. The Bertz CT molecular complexity index is 605. The van der Waals surface area contributed by atoms with Crippen molar-refractivity contribution < 1.29 is 14.3 Å². The topological polar surface area (TPSA) is 73.3 Å². The number of amides is 1. The number of rotatable bonds is 7. The summed E-state index contributed by atoms with van der Waals surface area (Å²) in [5.41, 5.74) is 1.24. The highest BCUT2D eigenvalue weighted by Gasteiger charge is 2.13. The average Bonchev–Trinajstić information content (AvgIpc) is 2.56. The first-order valence-corrected chi connectivity index (χ1v) is 6.99. The molecule has 1 heterocycles. The highest BCUT2D eigenvalue weighted by atomic mass is 16.5. The Labute approximate surface area is 129 Å². The summed E-state index contributed by atoms with van der Waals surface area (Å²) in [6, 6.07) is 6.80. The summed E-state index contributed by atoms with van der Waals surface area (Å²) in [4.78, 5) is 20.4. The first kappa shape index (κ1) is 15.9. The third-order valence-electron chi connectivity index (χ3n) is 3.03. The molecule has 0 saturated carbocycles. The van der Waals surface area contributed by atoms with Gasteiger partial charge in [-0.05, 0) is 25.1 Å². The maximum atomic E-state index is 12.3. The maximum Gasteiger partial charge on any atom is 0.251 e. The van der Waals surface area contributed by atoms with E-state index in [1.807, 2.05) is 6.92 Å². The van der Waals surface area contributed by atoms with Crippen molar-refractivity contribution in [2.45, 2.75) is 13.0 Å². The summed E-state index contributed by atoms with van der Waals surface area (Å²) in [6.45, 7) is 2.80. The lowest BCUT2D eigenvalue weighted by molar-refractivity contribution is 0.0938. The van der Waals surface area contributed by atoms with Gasteiger partial charge in [-0.15, -0.1) is 0 Å². The van der Waals surface area contributed by atoms with Crippen molar-refractivity contribution in [2.75, 3.05) is 20.3 Å². The molecule has 1 N–H and O–H groups in total. The molecule has 0 aliphatic heterocycles. The highest BCUT2D eigenvalue weighted by molar-refractivity contribution is 5.94. The molecular formula is C16H19N3O3. The van der Waals surface area contributed by atoms with E-state index in [2.05, 4.69) is 15.3 Å². The molecule has 0 spiro atoms. The zero-order chi connectivity index (χ0) is 15.8. The molecule has 116 valence electrons. The van der Waals surface area contributed by atoms with E-state index in [1.165, 1.54) is 0 Å². The predicted octanol–water partition coefficient (Wildman–Crippen LogP) is 1.99. The van der Waals surface area contributed by atoms with Crippen LogP contribution in [-0.4, -0.2) is 36.2 Å². The summed E-state index contributed by atoms with van der Waals surface area (Å²) < 4.78 is 10.4. The van der Waals surface area contributed by atoms with Crippen LogP contribution in [0.4, 0.5) is 0 Å². The van der Waals surface area contributed by atoms with Gasteiger partial charge in [0.2, 0.25) is 0 Å². The van der Waals surface area contributed by atoms with E-state index in [4.69, 9.17) is 9.47 Å². The summed E-state index contributed by atoms with van der Waals surface area (Å²) in [5, 5.41) is 2.89. The summed E-state index contributed by atoms with van der Waals surface area (Å²) in [6.07, 6.45) is 4.83. The monoisotopic (exact) mass is 301 g/mol. The van der Waals surface area contributed by atoms with E-state index >= 15 is 0 Å². The van der Waals surface area contributed by atoms with E-state index in [0.717, 1.165) is 0 Å². The minimum Gasteiger partial charge on any atom is -0.491 e. The third kappa shape index (κ3) is 4.53. The first-order valence-electron chi connectivity index (χ1n) is 6.99. The number of hydrogen-bond acceptors (Lipinski definition) is 5. The number of carbonyl (C=O) groups is 1. The Morgan fingerprint density at radius 1 is 1.32 bits per heavy atom. The Balaban J connectivity index is 1.98. The quantitative estimate of drug-likeness (QED) is 0.792. The minimum absolute atomic E-state index is 0.185. The van der Waals surface area contributed by atoms with Crippen molar-refractivity contribution >= 4 is 5.91 Å². The zero-order valence-corrected chi connectivity index (χ0v) is 12.7. The van der Waals surface area contributed by atoms with Gasteiger partial charge in [0, 0.05) is 25.1 Å². The molecule has 2 rings (SSSR count). The van der Waals surface area contributed by atoms with Gasteiger partial charge in [0.1, 0.15) is 12.4 Å². The molecule has 1 aromatic heterocycles. The molecule has 6 heteroatoms. The molecule has 1 aromatic carbocycles. The van der Waals surface area contributed by atoms with Crippen molar-refractivity contribution in [3.05, 3.63) is 54.1 Å². The van der Waals surface area contributed by atoms with E-state index in [1.54, 1.807) is 50.0 Å². The molecule has 0 fully saturated rings. The van der Waals surface area contributed by atoms with E-state index in [-0.39, 0.29) is 11.9 Å². The number of benzene rings is 1. The van der Waals surface area contributed by atoms with Crippen LogP contribution in [0.2, 0.25) is 0 Å². The number of hydrogen-bond donors (Lipinski definition) is 1. The van der Waals surface area contributed by atoms with Crippen LogP contribution >= 0.6 is 0 Å². The number of carbonyl (C=O) groups excluding carboxylic acids is 1. The van der Waals surface area contributed by atoms with Gasteiger partial charge < -0.3 is 14.8 Å². The molecule has 0 saturated heterocycles. The number of methoxy groups -OCH3 is 1. The summed E-state index contributed by atoms with van der Waals surface area (Å²) in [7, 11) is 1.61. The number of ether oxygens (including phenoxy) is 2. The van der Waals surface area contributed by atoms with Crippen LogP contribution in [0.25, 0.3) is 0 Å². The lowest BCUT2D eigenvalue weighted by atomic mass is 10.1. The zero-order valence-electron chi connectivity index (χ0n) is 12.7. The van der Waals surface area contributed by atoms with E-state index in [9.17, 15) is 4.79 Å². The number of nitrogens with one attached hydrogen (secondary N) is 1. The van der Waals surface area contributed by atoms with Gasteiger partial charge in [-0.2, -0.15) is 0 Å². The average molecular weight is 301 g/mol. The van der Waals surface area contributed by atoms with E-state index in [0.29, 0.717) is 30.2 Å². The van der Waals surface area contributed by atoms with Crippen LogP contribution in [-0.2, 0) is 4.74 Å². The first-order chi connectivity index (χ1) is 10.7. The Morgan fingerprint density at radius 2 is 2.18 bits per heavy atom. The molecule has 1 amide bonds. The summed E-state index contributed by atoms with van der Waals surface area (Å²) in [5.74, 6) is 0.451. The van der Waals surface area contributed by atoms with Crippen molar-refractivity contribution in [2.24, 2.45) is 0 Å². The molecule has 1 atom stereocenters. The fraction of sp³-hybridized carbons (Fsp3) is 0.312. The van der Waals surface area contributed by atoms with Crippen LogP contribution in [0.5, 0.6) is 5.75 Å². The van der Waals surface area contributed by atoms with Gasteiger partial charge in [0.25, 0.3) is 5.91 Å². The molecule has 0 bridgehead atoms. The van der Waals surface area contributed by atoms with Crippen molar-refractivity contribution in [3.63, 3.8) is 0 Å². The highest BCUT2D eigenvalue weighted by Crippen LogP contribution is 2.15. The van der Waals surface area contributed by atoms with Gasteiger partial charge in [-0.1, -0.05) is 6.07 Å². The van der Waals surface area contributed by atoms with Gasteiger partial charge in [-0.3, -0.25) is 14.8 Å². The second-order valence-electron chi connectivity index (χ2n) is 4.69. The number of aromatic nitrogens is 2. The maximum absolute atomic E-state index is 12.3. The van der Waals surface area contributed by atoms with Crippen LogP contribution in [0, 0.1) is 0 Å². The van der Waals surface area contributed by atoms with Gasteiger partial charge in [0.15, 0.2) is 0 Å². The molecular weight excluding hydrogens is 282 g/mol. The fourth-order valence-corrected chi connectivity index (χ4v) is 1.86. The van der Waals surface area contributed by atoms with Crippen LogP contribution in [0.15, 0.2) is 42.9 Å². The molecule has 0 unspecified atom stereocenters. The SMILES string of the molecule is COCCOc1cccc(C(=O)N[C@H](C)c2cnccn2)c1. The second-order valence-corrected chi connectivity index (χ2v) is 4.69. The molecule has 0 aliphatic rings. The van der Waals surface area contributed by atoms with Crippen LogP contribution in [0.1, 0.15) is 29.0 Å². The van der Waals surface area contributed by atoms with Gasteiger partial charge in [0.05, 0.1) is 24.5 Å². The molecule has 2 aromatic rings. The van der Waals surface area contributed by atoms with E-state index < -0.39 is 0 Å². The smallest absolute Gasteiger partial charge is 0.251 e. The van der Waals surface area contributed by atoms with Crippen molar-refractivity contribution in [1.82, 2.24) is 15.3 Å². The Morgan fingerprint density at radius 3 is 2.91 bits per heavy atom. The fourth-order valence-electron chi connectivity index (χ4n) is 1.86.